The third kappa shape index (κ3) is 3.45. The van der Waals surface area contributed by atoms with Gasteiger partial charge in [0.2, 0.25) is 5.76 Å². The number of carbonyl (C=O) groups is 1. The average molecular weight is 411 g/mol. The third-order valence-corrected chi connectivity index (χ3v) is 5.65. The zero-order chi connectivity index (χ0) is 20.7. The molecule has 5 nitrogen and oxygen atoms in total. The first-order chi connectivity index (χ1) is 13.9. The maximum Gasteiger partial charge on any atom is 0.290 e. The highest BCUT2D eigenvalue weighted by Crippen LogP contribution is 2.38. The van der Waals surface area contributed by atoms with Gasteiger partial charge in [-0.05, 0) is 49.8 Å². The van der Waals surface area contributed by atoms with Gasteiger partial charge in [-0.15, -0.1) is 0 Å². The summed E-state index contributed by atoms with van der Waals surface area (Å²) in [5, 5.41) is 0.857. The van der Waals surface area contributed by atoms with Gasteiger partial charge in [0.05, 0.1) is 17.0 Å². The molecule has 1 aliphatic heterocycles. The van der Waals surface area contributed by atoms with Gasteiger partial charge in [0.25, 0.3) is 5.91 Å². The summed E-state index contributed by atoms with van der Waals surface area (Å²) in [6, 6.07) is 12.5. The quantitative estimate of drug-likeness (QED) is 0.635. The average Bonchev–Trinajstić information content (AvgIpc) is 2.99. The Hall–Kier alpha value is -2.63. The van der Waals surface area contributed by atoms with E-state index in [0.29, 0.717) is 34.6 Å². The molecule has 1 aromatic heterocycles. The Kier molecular flexibility index (Phi) is 5.19. The van der Waals surface area contributed by atoms with Crippen molar-refractivity contribution in [3.05, 3.63) is 80.2 Å². The predicted molar refractivity (Wildman–Crippen MR) is 115 cm³/mol. The van der Waals surface area contributed by atoms with E-state index >= 15 is 0 Å². The monoisotopic (exact) mass is 410 g/mol. The molecular formula is C23H23ClN2O3. The molecule has 0 fully saturated rings. The van der Waals surface area contributed by atoms with Crippen molar-refractivity contribution in [1.82, 2.24) is 9.80 Å². The summed E-state index contributed by atoms with van der Waals surface area (Å²) >= 11 is 6.11. The standard InChI is InChI=1S/C23H23ClN2O3/c1-4-14-5-7-15(8-6-14)20-19-21(27)17-13-16(24)9-10-18(17)29-22(19)23(28)26(20)12-11-25(2)3/h5-10,13,20H,4,11-12H2,1-3H3. The topological polar surface area (TPSA) is 53.8 Å². The van der Waals surface area contributed by atoms with E-state index in [2.05, 4.69) is 6.92 Å². The number of rotatable bonds is 5. The Morgan fingerprint density at radius 3 is 2.48 bits per heavy atom. The minimum absolute atomic E-state index is 0.133. The molecule has 150 valence electrons. The minimum atomic E-state index is -0.469. The molecule has 3 aromatic rings. The van der Waals surface area contributed by atoms with Crippen molar-refractivity contribution >= 4 is 28.5 Å². The van der Waals surface area contributed by atoms with Crippen molar-refractivity contribution in [2.24, 2.45) is 0 Å². The number of likely N-dealkylation sites (N-methyl/N-ethyl adjacent to an activating group) is 1. The molecule has 29 heavy (non-hydrogen) atoms. The Labute approximate surface area is 174 Å². The summed E-state index contributed by atoms with van der Waals surface area (Å²) in [4.78, 5) is 30.4. The lowest BCUT2D eigenvalue weighted by atomic mass is 9.97. The molecule has 0 spiro atoms. The number of halogens is 1. The van der Waals surface area contributed by atoms with Gasteiger partial charge in [0.1, 0.15) is 5.58 Å². The summed E-state index contributed by atoms with van der Waals surface area (Å²) in [6.45, 7) is 3.27. The number of aryl methyl sites for hydroxylation is 1. The fourth-order valence-corrected chi connectivity index (χ4v) is 3.99. The first-order valence-electron chi connectivity index (χ1n) is 9.71. The van der Waals surface area contributed by atoms with E-state index in [1.165, 1.54) is 5.56 Å². The normalized spacial score (nSPS) is 16.1. The molecule has 0 N–H and O–H groups in total. The maximum atomic E-state index is 13.4. The second-order valence-corrected chi connectivity index (χ2v) is 8.05. The van der Waals surface area contributed by atoms with Crippen molar-refractivity contribution < 1.29 is 9.21 Å². The van der Waals surface area contributed by atoms with Gasteiger partial charge in [-0.3, -0.25) is 9.59 Å². The minimum Gasteiger partial charge on any atom is -0.450 e. The van der Waals surface area contributed by atoms with Crippen LogP contribution in [0.15, 0.2) is 51.7 Å². The number of carbonyl (C=O) groups excluding carboxylic acids is 1. The van der Waals surface area contributed by atoms with Gasteiger partial charge < -0.3 is 14.2 Å². The highest BCUT2D eigenvalue weighted by Gasteiger charge is 2.42. The summed E-state index contributed by atoms with van der Waals surface area (Å²) in [5.74, 6) is -0.117. The Morgan fingerprint density at radius 1 is 1.10 bits per heavy atom. The van der Waals surface area contributed by atoms with Crippen LogP contribution in [0.25, 0.3) is 11.0 Å². The van der Waals surface area contributed by atoms with E-state index in [-0.39, 0.29) is 17.1 Å². The molecule has 0 aliphatic carbocycles. The van der Waals surface area contributed by atoms with E-state index in [4.69, 9.17) is 16.0 Å². The SMILES string of the molecule is CCc1ccc(C2c3c(oc4ccc(Cl)cc4c3=O)C(=O)N2CCN(C)C)cc1. The van der Waals surface area contributed by atoms with Crippen LogP contribution in [0, 0.1) is 0 Å². The van der Waals surface area contributed by atoms with Crippen molar-refractivity contribution in [3.8, 4) is 0 Å². The van der Waals surface area contributed by atoms with Gasteiger partial charge in [0.15, 0.2) is 5.43 Å². The summed E-state index contributed by atoms with van der Waals surface area (Å²) in [7, 11) is 3.91. The largest absolute Gasteiger partial charge is 0.450 e. The molecule has 1 amide bonds. The number of nitrogens with zero attached hydrogens (tertiary/aromatic N) is 2. The van der Waals surface area contributed by atoms with Gasteiger partial charge in [-0.2, -0.15) is 0 Å². The molecule has 1 unspecified atom stereocenters. The van der Waals surface area contributed by atoms with Crippen molar-refractivity contribution in [2.45, 2.75) is 19.4 Å². The molecule has 4 rings (SSSR count). The van der Waals surface area contributed by atoms with Crippen LogP contribution in [0.3, 0.4) is 0 Å². The molecule has 0 saturated carbocycles. The molecule has 0 saturated heterocycles. The molecular weight excluding hydrogens is 388 g/mol. The van der Waals surface area contributed by atoms with E-state index in [9.17, 15) is 9.59 Å². The first kappa shape index (κ1) is 19.7. The maximum absolute atomic E-state index is 13.4. The second-order valence-electron chi connectivity index (χ2n) is 7.61. The molecule has 1 aliphatic rings. The van der Waals surface area contributed by atoms with Crippen LogP contribution >= 0.6 is 11.6 Å². The van der Waals surface area contributed by atoms with Crippen LogP contribution in [0.4, 0.5) is 0 Å². The van der Waals surface area contributed by atoms with Crippen molar-refractivity contribution in [1.29, 1.82) is 0 Å². The molecule has 2 aromatic carbocycles. The second kappa shape index (κ2) is 7.65. The number of hydrogen-bond acceptors (Lipinski definition) is 4. The number of hydrogen-bond donors (Lipinski definition) is 0. The number of benzene rings is 2. The van der Waals surface area contributed by atoms with E-state index < -0.39 is 6.04 Å². The summed E-state index contributed by atoms with van der Waals surface area (Å²) in [5.41, 5.74) is 2.68. The third-order valence-electron chi connectivity index (χ3n) is 5.42. The van der Waals surface area contributed by atoms with E-state index in [0.717, 1.165) is 12.0 Å². The van der Waals surface area contributed by atoms with Crippen molar-refractivity contribution in [3.63, 3.8) is 0 Å². The number of amides is 1. The Morgan fingerprint density at radius 2 is 1.83 bits per heavy atom. The van der Waals surface area contributed by atoms with Gasteiger partial charge >= 0.3 is 0 Å². The van der Waals surface area contributed by atoms with Crippen LogP contribution < -0.4 is 5.43 Å². The zero-order valence-corrected chi connectivity index (χ0v) is 17.5. The van der Waals surface area contributed by atoms with Crippen LogP contribution in [-0.2, 0) is 6.42 Å². The lowest BCUT2D eigenvalue weighted by Crippen LogP contribution is -2.35. The summed E-state index contributed by atoms with van der Waals surface area (Å²) < 4.78 is 5.92. The Balaban J connectivity index is 1.92. The van der Waals surface area contributed by atoms with E-state index in [1.807, 2.05) is 43.3 Å². The van der Waals surface area contributed by atoms with Crippen LogP contribution in [0.5, 0.6) is 0 Å². The fourth-order valence-electron chi connectivity index (χ4n) is 3.81. The van der Waals surface area contributed by atoms with Gasteiger partial charge in [0, 0.05) is 18.1 Å². The molecule has 6 heteroatoms. The van der Waals surface area contributed by atoms with Gasteiger partial charge in [-0.1, -0.05) is 42.8 Å². The highest BCUT2D eigenvalue weighted by molar-refractivity contribution is 6.31. The van der Waals surface area contributed by atoms with Crippen molar-refractivity contribution in [2.75, 3.05) is 27.2 Å². The molecule has 0 bridgehead atoms. The Bertz CT molecular complexity index is 1140. The van der Waals surface area contributed by atoms with Crippen LogP contribution in [0.1, 0.15) is 40.2 Å². The molecule has 1 atom stereocenters. The lowest BCUT2D eigenvalue weighted by molar-refractivity contribution is 0.0716. The van der Waals surface area contributed by atoms with Crippen LogP contribution in [0.2, 0.25) is 5.02 Å². The fraction of sp³-hybridized carbons (Fsp3) is 0.304. The first-order valence-corrected chi connectivity index (χ1v) is 10.1. The molecule has 2 heterocycles. The summed E-state index contributed by atoms with van der Waals surface area (Å²) in [6.07, 6.45) is 0.927. The molecule has 0 radical (unpaired) electrons. The predicted octanol–water partition coefficient (Wildman–Crippen LogP) is 4.12. The number of fused-ring (bicyclic) bond motifs is 2. The van der Waals surface area contributed by atoms with E-state index in [1.54, 1.807) is 23.1 Å². The zero-order valence-electron chi connectivity index (χ0n) is 16.7. The van der Waals surface area contributed by atoms with Gasteiger partial charge in [-0.25, -0.2) is 0 Å². The highest BCUT2D eigenvalue weighted by atomic mass is 35.5. The van der Waals surface area contributed by atoms with Crippen LogP contribution in [-0.4, -0.2) is 42.9 Å². The smallest absolute Gasteiger partial charge is 0.290 e. The lowest BCUT2D eigenvalue weighted by Gasteiger charge is -2.26.